The molecule has 144 valence electrons. The first-order valence-electron chi connectivity index (χ1n) is 8.86. The Hall–Kier alpha value is -2.28. The van der Waals surface area contributed by atoms with Crippen LogP contribution in [0.3, 0.4) is 0 Å². The summed E-state index contributed by atoms with van der Waals surface area (Å²) in [6.45, 7) is 1.98. The molecular weight excluding hydrogens is 336 g/mol. The third-order valence-corrected chi connectivity index (χ3v) is 4.69. The van der Waals surface area contributed by atoms with E-state index in [0.29, 0.717) is 23.8 Å². The van der Waals surface area contributed by atoms with Gasteiger partial charge in [-0.05, 0) is 49.5 Å². The van der Waals surface area contributed by atoms with Crippen LogP contribution in [0.25, 0.3) is 0 Å². The molecular formula is C19H28N2O5. The third-order valence-electron chi connectivity index (χ3n) is 4.69. The minimum atomic E-state index is -0.476. The predicted molar refractivity (Wildman–Crippen MR) is 97.3 cm³/mol. The fourth-order valence-electron chi connectivity index (χ4n) is 3.13. The van der Waals surface area contributed by atoms with E-state index in [0.717, 1.165) is 31.5 Å². The van der Waals surface area contributed by atoms with E-state index in [1.165, 1.54) is 7.11 Å². The summed E-state index contributed by atoms with van der Waals surface area (Å²) in [6.07, 6.45) is 2.45. The zero-order valence-electron chi connectivity index (χ0n) is 15.7. The third kappa shape index (κ3) is 5.62. The van der Waals surface area contributed by atoms with Crippen molar-refractivity contribution < 1.29 is 23.8 Å². The smallest absolute Gasteiger partial charge is 0.307 e. The summed E-state index contributed by atoms with van der Waals surface area (Å²) in [7, 11) is 4.44. The van der Waals surface area contributed by atoms with Crippen LogP contribution < -0.4 is 20.1 Å². The van der Waals surface area contributed by atoms with Crippen molar-refractivity contribution in [2.75, 3.05) is 34.4 Å². The van der Waals surface area contributed by atoms with E-state index in [4.69, 9.17) is 14.2 Å². The van der Waals surface area contributed by atoms with Crippen LogP contribution in [0.1, 0.15) is 37.3 Å². The molecule has 0 bridgehead atoms. The van der Waals surface area contributed by atoms with Gasteiger partial charge < -0.3 is 24.8 Å². The number of hydrogen-bond acceptors (Lipinski definition) is 6. The quantitative estimate of drug-likeness (QED) is 0.650. The molecule has 1 aromatic carbocycles. The van der Waals surface area contributed by atoms with Gasteiger partial charge in [0.2, 0.25) is 5.91 Å². The predicted octanol–water partition coefficient (Wildman–Crippen LogP) is 1.81. The molecule has 1 aliphatic rings. The van der Waals surface area contributed by atoms with Crippen LogP contribution in [0.15, 0.2) is 18.2 Å². The lowest BCUT2D eigenvalue weighted by molar-refractivity contribution is -0.141. The summed E-state index contributed by atoms with van der Waals surface area (Å²) in [6, 6.07) is 4.87. The number of carbonyl (C=O) groups is 2. The standard InChI is InChI=1S/C19H28N2O5/c1-24-16-6-5-14(10-17(16)25-2)15(11-19(23)26-3)21-18(22)7-4-13-8-9-20-12-13/h5-6,10,13,15,20H,4,7-9,11-12H2,1-3H3,(H,21,22). The van der Waals surface area contributed by atoms with E-state index in [1.807, 2.05) is 6.07 Å². The lowest BCUT2D eigenvalue weighted by atomic mass is 10.0. The van der Waals surface area contributed by atoms with Crippen LogP contribution in [-0.4, -0.2) is 46.3 Å². The number of ether oxygens (including phenoxy) is 3. The minimum absolute atomic E-state index is 0.0582. The molecule has 1 heterocycles. The van der Waals surface area contributed by atoms with Gasteiger partial charge in [-0.1, -0.05) is 6.07 Å². The second-order valence-electron chi connectivity index (χ2n) is 6.41. The maximum absolute atomic E-state index is 12.4. The van der Waals surface area contributed by atoms with Crippen molar-refractivity contribution in [2.24, 2.45) is 5.92 Å². The van der Waals surface area contributed by atoms with Crippen LogP contribution in [0, 0.1) is 5.92 Å². The van der Waals surface area contributed by atoms with E-state index in [9.17, 15) is 9.59 Å². The maximum atomic E-state index is 12.4. The lowest BCUT2D eigenvalue weighted by Crippen LogP contribution is -2.30. The van der Waals surface area contributed by atoms with E-state index in [-0.39, 0.29) is 18.3 Å². The molecule has 1 fully saturated rings. The monoisotopic (exact) mass is 364 g/mol. The van der Waals surface area contributed by atoms with Crippen molar-refractivity contribution in [2.45, 2.75) is 31.7 Å². The first-order valence-corrected chi connectivity index (χ1v) is 8.86. The van der Waals surface area contributed by atoms with Gasteiger partial charge in [-0.3, -0.25) is 9.59 Å². The SMILES string of the molecule is COC(=O)CC(NC(=O)CCC1CCNC1)c1ccc(OC)c(OC)c1. The minimum Gasteiger partial charge on any atom is -0.493 e. The summed E-state index contributed by atoms with van der Waals surface area (Å²) in [5, 5.41) is 6.26. The summed E-state index contributed by atoms with van der Waals surface area (Å²) >= 11 is 0. The van der Waals surface area contributed by atoms with E-state index in [2.05, 4.69) is 10.6 Å². The molecule has 1 aliphatic heterocycles. The van der Waals surface area contributed by atoms with Gasteiger partial charge in [0.1, 0.15) is 0 Å². The summed E-state index contributed by atoms with van der Waals surface area (Å²) in [5.74, 6) is 1.23. The molecule has 0 radical (unpaired) electrons. The second kappa shape index (κ2) is 10.0. The topological polar surface area (TPSA) is 85.9 Å². The average molecular weight is 364 g/mol. The average Bonchev–Trinajstić information content (AvgIpc) is 3.18. The van der Waals surface area contributed by atoms with Crippen molar-refractivity contribution in [1.82, 2.24) is 10.6 Å². The zero-order valence-corrected chi connectivity index (χ0v) is 15.7. The van der Waals surface area contributed by atoms with Crippen molar-refractivity contribution in [3.8, 4) is 11.5 Å². The molecule has 1 aromatic rings. The van der Waals surface area contributed by atoms with Crippen LogP contribution in [0.2, 0.25) is 0 Å². The van der Waals surface area contributed by atoms with Gasteiger partial charge in [-0.15, -0.1) is 0 Å². The number of hydrogen-bond donors (Lipinski definition) is 2. The molecule has 2 N–H and O–H groups in total. The largest absolute Gasteiger partial charge is 0.493 e. The number of benzene rings is 1. The van der Waals surface area contributed by atoms with Gasteiger partial charge in [-0.2, -0.15) is 0 Å². The highest BCUT2D eigenvalue weighted by atomic mass is 16.5. The molecule has 0 aliphatic carbocycles. The Morgan fingerprint density at radius 1 is 1.23 bits per heavy atom. The van der Waals surface area contributed by atoms with Gasteiger partial charge in [0.05, 0.1) is 33.8 Å². The normalized spacial score (nSPS) is 17.4. The maximum Gasteiger partial charge on any atom is 0.307 e. The molecule has 0 spiro atoms. The molecule has 0 aromatic heterocycles. The Morgan fingerprint density at radius 2 is 2.00 bits per heavy atom. The number of methoxy groups -OCH3 is 3. The molecule has 26 heavy (non-hydrogen) atoms. The number of esters is 1. The van der Waals surface area contributed by atoms with Crippen LogP contribution in [-0.2, 0) is 14.3 Å². The van der Waals surface area contributed by atoms with Crippen molar-refractivity contribution in [3.63, 3.8) is 0 Å². The number of nitrogens with one attached hydrogen (secondary N) is 2. The molecule has 7 nitrogen and oxygen atoms in total. The molecule has 1 saturated heterocycles. The second-order valence-corrected chi connectivity index (χ2v) is 6.41. The highest BCUT2D eigenvalue weighted by Gasteiger charge is 2.22. The van der Waals surface area contributed by atoms with Crippen LogP contribution in [0.4, 0.5) is 0 Å². The zero-order chi connectivity index (χ0) is 18.9. The Balaban J connectivity index is 2.07. The first-order chi connectivity index (χ1) is 12.6. The Kier molecular flexibility index (Phi) is 7.72. The van der Waals surface area contributed by atoms with Crippen molar-refractivity contribution in [1.29, 1.82) is 0 Å². The van der Waals surface area contributed by atoms with Crippen LogP contribution >= 0.6 is 0 Å². The molecule has 0 saturated carbocycles. The Labute approximate surface area is 154 Å². The molecule has 2 atom stereocenters. The van der Waals surface area contributed by atoms with Crippen molar-refractivity contribution in [3.05, 3.63) is 23.8 Å². The van der Waals surface area contributed by atoms with E-state index >= 15 is 0 Å². The Bertz CT molecular complexity index is 614. The van der Waals surface area contributed by atoms with Gasteiger partial charge in [-0.25, -0.2) is 0 Å². The number of amides is 1. The molecule has 2 rings (SSSR count). The van der Waals surface area contributed by atoms with Gasteiger partial charge in [0.25, 0.3) is 0 Å². The Morgan fingerprint density at radius 3 is 2.62 bits per heavy atom. The first kappa shape index (κ1) is 20.0. The van der Waals surface area contributed by atoms with Gasteiger partial charge >= 0.3 is 5.97 Å². The van der Waals surface area contributed by atoms with Gasteiger partial charge in [0, 0.05) is 6.42 Å². The highest BCUT2D eigenvalue weighted by molar-refractivity contribution is 5.78. The van der Waals surface area contributed by atoms with E-state index in [1.54, 1.807) is 26.4 Å². The molecule has 2 unspecified atom stereocenters. The lowest BCUT2D eigenvalue weighted by Gasteiger charge is -2.20. The van der Waals surface area contributed by atoms with E-state index < -0.39 is 6.04 Å². The molecule has 1 amide bonds. The summed E-state index contributed by atoms with van der Waals surface area (Å²) in [5.41, 5.74) is 0.768. The fourth-order valence-corrected chi connectivity index (χ4v) is 3.13. The highest BCUT2D eigenvalue weighted by Crippen LogP contribution is 2.31. The fraction of sp³-hybridized carbons (Fsp3) is 0.579. The number of rotatable bonds is 9. The summed E-state index contributed by atoms with van der Waals surface area (Å²) < 4.78 is 15.3. The number of carbonyl (C=O) groups excluding carboxylic acids is 2. The molecule has 7 heteroatoms. The van der Waals surface area contributed by atoms with Gasteiger partial charge in [0.15, 0.2) is 11.5 Å². The summed E-state index contributed by atoms with van der Waals surface area (Å²) in [4.78, 5) is 24.2. The van der Waals surface area contributed by atoms with Crippen molar-refractivity contribution >= 4 is 11.9 Å². The van der Waals surface area contributed by atoms with Crippen LogP contribution in [0.5, 0.6) is 11.5 Å².